The molecule has 0 aromatic heterocycles. The number of hydrogen-bond acceptors (Lipinski definition) is 4. The van der Waals surface area contributed by atoms with Crippen molar-refractivity contribution in [3.8, 4) is 0 Å². The topological polar surface area (TPSA) is 95.7 Å². The minimum absolute atomic E-state index is 0.0455. The van der Waals surface area contributed by atoms with Crippen LogP contribution in [-0.2, 0) is 23.3 Å². The van der Waals surface area contributed by atoms with E-state index in [-0.39, 0.29) is 36.9 Å². The molecule has 38 heavy (non-hydrogen) atoms. The maximum absolute atomic E-state index is 13.6. The number of nitrogens with zero attached hydrogens (tertiary/aromatic N) is 2. The van der Waals surface area contributed by atoms with Crippen LogP contribution in [0.4, 0.5) is 0 Å². The van der Waals surface area contributed by atoms with Crippen LogP contribution in [0, 0.1) is 6.92 Å². The summed E-state index contributed by atoms with van der Waals surface area (Å²) in [5, 5.41) is 2.94. The summed E-state index contributed by atoms with van der Waals surface area (Å²) in [6.07, 6.45) is -1.06. The van der Waals surface area contributed by atoms with Gasteiger partial charge in [-0.25, -0.2) is 0 Å². The molecule has 1 aliphatic rings. The molecule has 7 heteroatoms. The van der Waals surface area contributed by atoms with Crippen molar-refractivity contribution in [2.24, 2.45) is 5.73 Å². The quantitative estimate of drug-likeness (QED) is 0.522. The Hall–Kier alpha value is -3.97. The van der Waals surface area contributed by atoms with Crippen LogP contribution in [0.5, 0.6) is 0 Å². The predicted octanol–water partition coefficient (Wildman–Crippen LogP) is 3.99. The van der Waals surface area contributed by atoms with Crippen LogP contribution in [0.25, 0.3) is 0 Å². The molecule has 3 aromatic rings. The first kappa shape index (κ1) is 27.1. The van der Waals surface area contributed by atoms with Gasteiger partial charge in [-0.15, -0.1) is 0 Å². The van der Waals surface area contributed by atoms with Gasteiger partial charge in [0.2, 0.25) is 0 Å². The van der Waals surface area contributed by atoms with Crippen LogP contribution in [0.3, 0.4) is 0 Å². The van der Waals surface area contributed by atoms with Crippen molar-refractivity contribution in [3.63, 3.8) is 0 Å². The molecule has 0 radical (unpaired) electrons. The molecule has 1 atom stereocenters. The summed E-state index contributed by atoms with van der Waals surface area (Å²) in [4.78, 5) is 43.7. The number of rotatable bonds is 6. The summed E-state index contributed by atoms with van der Waals surface area (Å²) in [5.41, 5.74) is 10.7. The van der Waals surface area contributed by atoms with Crippen molar-refractivity contribution < 1.29 is 14.4 Å². The highest BCUT2D eigenvalue weighted by Crippen LogP contribution is 2.25. The fourth-order valence-electron chi connectivity index (χ4n) is 4.62. The first-order chi connectivity index (χ1) is 18.1. The number of aryl methyl sites for hydroxylation is 1. The van der Waals surface area contributed by atoms with E-state index in [1.807, 2.05) is 55.5 Å². The highest BCUT2D eigenvalue weighted by atomic mass is 16.2. The van der Waals surface area contributed by atoms with E-state index in [4.69, 9.17) is 5.73 Å². The summed E-state index contributed by atoms with van der Waals surface area (Å²) in [6, 6.07) is 22.4. The lowest BCUT2D eigenvalue weighted by molar-refractivity contribution is -0.128. The molecule has 7 nitrogen and oxygen atoms in total. The zero-order chi connectivity index (χ0) is 27.4. The maximum atomic E-state index is 13.6. The zero-order valence-electron chi connectivity index (χ0n) is 22.5. The van der Waals surface area contributed by atoms with E-state index in [2.05, 4.69) is 26.1 Å². The molecule has 1 fully saturated rings. The van der Waals surface area contributed by atoms with Crippen LogP contribution in [0.2, 0.25) is 0 Å². The summed E-state index contributed by atoms with van der Waals surface area (Å²) in [5.74, 6) is -0.968. The fourth-order valence-corrected chi connectivity index (χ4v) is 4.62. The van der Waals surface area contributed by atoms with Gasteiger partial charge >= 0.3 is 0 Å². The molecule has 198 valence electrons. The van der Waals surface area contributed by atoms with Gasteiger partial charge in [-0.05, 0) is 53.3 Å². The Morgan fingerprint density at radius 3 is 1.89 bits per heavy atom. The Morgan fingerprint density at radius 2 is 1.37 bits per heavy atom. The molecule has 0 spiro atoms. The summed E-state index contributed by atoms with van der Waals surface area (Å²) >= 11 is 0. The van der Waals surface area contributed by atoms with Crippen LogP contribution < -0.4 is 11.1 Å². The van der Waals surface area contributed by atoms with Gasteiger partial charge in [0.1, 0.15) is 0 Å². The average Bonchev–Trinajstić information content (AvgIpc) is 3.36. The van der Waals surface area contributed by atoms with E-state index in [9.17, 15) is 14.4 Å². The van der Waals surface area contributed by atoms with Crippen LogP contribution >= 0.6 is 0 Å². The van der Waals surface area contributed by atoms with Crippen molar-refractivity contribution in [2.45, 2.75) is 52.4 Å². The number of carbonyl (C=O) groups excluding carboxylic acids is 3. The molecule has 0 aliphatic carbocycles. The van der Waals surface area contributed by atoms with Crippen molar-refractivity contribution in [2.75, 3.05) is 13.1 Å². The monoisotopic (exact) mass is 512 g/mol. The average molecular weight is 513 g/mol. The first-order valence-electron chi connectivity index (χ1n) is 12.9. The largest absolute Gasteiger partial charge is 0.349 e. The maximum Gasteiger partial charge on any atom is 0.264 e. The fraction of sp³-hybridized carbons (Fsp3) is 0.323. The lowest BCUT2D eigenvalue weighted by Crippen LogP contribution is -2.53. The minimum Gasteiger partial charge on any atom is -0.349 e. The molecule has 0 saturated carbocycles. The summed E-state index contributed by atoms with van der Waals surface area (Å²) in [7, 11) is 0. The summed E-state index contributed by atoms with van der Waals surface area (Å²) < 4.78 is 0. The highest BCUT2D eigenvalue weighted by Gasteiger charge is 2.43. The minimum atomic E-state index is -1.06. The van der Waals surface area contributed by atoms with Crippen molar-refractivity contribution >= 4 is 17.7 Å². The third-order valence-electron chi connectivity index (χ3n) is 6.92. The third kappa shape index (κ3) is 5.94. The predicted molar refractivity (Wildman–Crippen MR) is 148 cm³/mol. The Labute approximate surface area is 224 Å². The molecule has 4 rings (SSSR count). The Balaban J connectivity index is 1.60. The molecule has 1 saturated heterocycles. The van der Waals surface area contributed by atoms with E-state index < -0.39 is 12.1 Å². The van der Waals surface area contributed by atoms with Crippen molar-refractivity contribution in [1.29, 1.82) is 0 Å². The van der Waals surface area contributed by atoms with Crippen LogP contribution in [-0.4, -0.2) is 46.8 Å². The van der Waals surface area contributed by atoms with Crippen LogP contribution in [0.15, 0.2) is 72.8 Å². The zero-order valence-corrected chi connectivity index (χ0v) is 22.5. The molecule has 3 N–H and O–H groups in total. The Kier molecular flexibility index (Phi) is 7.97. The Bertz CT molecular complexity index is 1310. The van der Waals surface area contributed by atoms with Gasteiger partial charge in [-0.1, -0.05) is 74.9 Å². The molecule has 3 amide bonds. The second-order valence-electron chi connectivity index (χ2n) is 10.8. The number of nitrogens with one attached hydrogen (secondary N) is 1. The third-order valence-corrected chi connectivity index (χ3v) is 6.92. The molecular weight excluding hydrogens is 476 g/mol. The number of benzene rings is 3. The van der Waals surface area contributed by atoms with Gasteiger partial charge in [0.15, 0.2) is 6.17 Å². The summed E-state index contributed by atoms with van der Waals surface area (Å²) in [6.45, 7) is 9.48. The lowest BCUT2D eigenvalue weighted by Gasteiger charge is -2.29. The number of nitrogens with two attached hydrogens (primary N) is 1. The normalized spacial score (nSPS) is 15.4. The van der Waals surface area contributed by atoms with Crippen LogP contribution in [0.1, 0.15) is 63.7 Å². The van der Waals surface area contributed by atoms with Gasteiger partial charge in [-0.2, -0.15) is 0 Å². The number of hydrogen-bond donors (Lipinski definition) is 2. The van der Waals surface area contributed by atoms with Gasteiger partial charge in [-0.3, -0.25) is 14.4 Å². The molecule has 1 heterocycles. The van der Waals surface area contributed by atoms with E-state index >= 15 is 0 Å². The molecule has 1 aliphatic heterocycles. The standard InChI is InChI=1S/C31H36N4O3/c1-21-8-10-24(11-9-21)29(37)34-16-17-35(30(38)25-12-14-26(15-13-25)31(2,3)4)28(34)27(36)33-20-23-7-5-6-22(18-23)19-32/h5-15,18,28H,16-17,19-20,32H2,1-4H3,(H,33,36). The molecule has 0 bridgehead atoms. The highest BCUT2D eigenvalue weighted by molar-refractivity contribution is 6.02. The van der Waals surface area contributed by atoms with E-state index in [0.29, 0.717) is 17.7 Å². The molecular formula is C31H36N4O3. The van der Waals surface area contributed by atoms with E-state index in [1.165, 1.54) is 9.80 Å². The van der Waals surface area contributed by atoms with Crippen molar-refractivity contribution in [1.82, 2.24) is 15.1 Å². The van der Waals surface area contributed by atoms with E-state index in [0.717, 1.165) is 22.3 Å². The SMILES string of the molecule is Cc1ccc(C(=O)N2CCN(C(=O)c3ccc(C(C)(C)C)cc3)C2C(=O)NCc2cccc(CN)c2)cc1. The second kappa shape index (κ2) is 11.2. The molecule has 1 unspecified atom stereocenters. The smallest absolute Gasteiger partial charge is 0.264 e. The van der Waals surface area contributed by atoms with Gasteiger partial charge in [0.05, 0.1) is 0 Å². The number of amides is 3. The van der Waals surface area contributed by atoms with Crippen molar-refractivity contribution in [3.05, 3.63) is 106 Å². The second-order valence-corrected chi connectivity index (χ2v) is 10.8. The van der Waals surface area contributed by atoms with Gasteiger partial charge < -0.3 is 20.9 Å². The first-order valence-corrected chi connectivity index (χ1v) is 12.9. The van der Waals surface area contributed by atoms with E-state index in [1.54, 1.807) is 24.3 Å². The Morgan fingerprint density at radius 1 is 0.842 bits per heavy atom. The van der Waals surface area contributed by atoms with Gasteiger partial charge in [0, 0.05) is 37.3 Å². The number of carbonyl (C=O) groups is 3. The van der Waals surface area contributed by atoms with Gasteiger partial charge in [0.25, 0.3) is 17.7 Å². The molecule has 3 aromatic carbocycles. The lowest BCUT2D eigenvalue weighted by atomic mass is 9.86.